The first-order chi connectivity index (χ1) is 7.79. The third-order valence-electron chi connectivity index (χ3n) is 4.35. The van der Waals surface area contributed by atoms with Gasteiger partial charge in [-0.1, -0.05) is 6.92 Å². The van der Waals surface area contributed by atoms with Gasteiger partial charge >= 0.3 is 0 Å². The van der Waals surface area contributed by atoms with Gasteiger partial charge in [-0.3, -0.25) is 0 Å². The Labute approximate surface area is 100.0 Å². The van der Waals surface area contributed by atoms with Gasteiger partial charge in [-0.05, 0) is 64.3 Å². The van der Waals surface area contributed by atoms with Crippen LogP contribution in [0, 0.1) is 5.92 Å². The van der Waals surface area contributed by atoms with Crippen molar-refractivity contribution in [3.05, 3.63) is 0 Å². The van der Waals surface area contributed by atoms with E-state index in [9.17, 15) is 0 Å². The number of nitrogens with two attached hydrogens (primary N) is 1. The van der Waals surface area contributed by atoms with Gasteiger partial charge in [-0.15, -0.1) is 0 Å². The minimum atomic E-state index is 0.414. The zero-order chi connectivity index (χ0) is 11.4. The smallest absolute Gasteiger partial charge is 0.0197 e. The molecule has 16 heavy (non-hydrogen) atoms. The van der Waals surface area contributed by atoms with E-state index in [0.29, 0.717) is 6.04 Å². The third-order valence-corrected chi connectivity index (χ3v) is 4.35. The first kappa shape index (κ1) is 12.3. The van der Waals surface area contributed by atoms with Crippen molar-refractivity contribution in [2.75, 3.05) is 39.3 Å². The maximum absolute atomic E-state index is 6.35. The lowest BCUT2D eigenvalue weighted by Gasteiger charge is -2.35. The van der Waals surface area contributed by atoms with Gasteiger partial charge in [-0.2, -0.15) is 0 Å². The molecule has 2 saturated heterocycles. The summed E-state index contributed by atoms with van der Waals surface area (Å²) in [6.07, 6.45) is 5.37. The molecule has 0 aromatic rings. The highest BCUT2D eigenvalue weighted by atomic mass is 15.2. The molecule has 2 fully saturated rings. The van der Waals surface area contributed by atoms with E-state index in [0.717, 1.165) is 12.5 Å². The maximum atomic E-state index is 6.35. The number of hydrogen-bond acceptors (Lipinski definition) is 3. The highest BCUT2D eigenvalue weighted by Crippen LogP contribution is 2.21. The lowest BCUT2D eigenvalue weighted by molar-refractivity contribution is 0.159. The zero-order valence-electron chi connectivity index (χ0n) is 10.7. The number of likely N-dealkylation sites (tertiary alicyclic amines) is 2. The minimum absolute atomic E-state index is 0.414. The molecule has 0 amide bonds. The second-order valence-corrected chi connectivity index (χ2v) is 5.44. The van der Waals surface area contributed by atoms with Crippen LogP contribution in [0.4, 0.5) is 0 Å². The van der Waals surface area contributed by atoms with E-state index in [2.05, 4.69) is 16.7 Å². The molecule has 0 saturated carbocycles. The lowest BCUT2D eigenvalue weighted by atomic mass is 9.89. The molecule has 3 heteroatoms. The molecule has 94 valence electrons. The summed E-state index contributed by atoms with van der Waals surface area (Å²) in [5.41, 5.74) is 6.35. The van der Waals surface area contributed by atoms with Gasteiger partial charge in [0, 0.05) is 12.6 Å². The summed E-state index contributed by atoms with van der Waals surface area (Å²) >= 11 is 0. The predicted molar refractivity (Wildman–Crippen MR) is 68.5 cm³/mol. The molecule has 0 aromatic heterocycles. The number of hydrogen-bond donors (Lipinski definition) is 1. The SMILES string of the molecule is CCN1CCC(C(N)CN2CCCC2)CC1. The van der Waals surface area contributed by atoms with Crippen molar-refractivity contribution >= 4 is 0 Å². The molecule has 2 rings (SSSR count). The first-order valence-electron chi connectivity index (χ1n) is 7.00. The van der Waals surface area contributed by atoms with Gasteiger partial charge in [0.1, 0.15) is 0 Å². The van der Waals surface area contributed by atoms with E-state index in [1.165, 1.54) is 58.4 Å². The Morgan fingerprint density at radius 3 is 2.25 bits per heavy atom. The van der Waals surface area contributed by atoms with Crippen LogP contribution >= 0.6 is 0 Å². The average molecular weight is 225 g/mol. The molecule has 2 aliphatic rings. The number of rotatable bonds is 4. The van der Waals surface area contributed by atoms with Crippen molar-refractivity contribution in [2.45, 2.75) is 38.6 Å². The standard InChI is InChI=1S/C13H27N3/c1-2-15-9-5-12(6-10-15)13(14)11-16-7-3-4-8-16/h12-13H,2-11,14H2,1H3. The normalized spacial score (nSPS) is 27.4. The molecular weight excluding hydrogens is 198 g/mol. The number of piperidine rings is 1. The van der Waals surface area contributed by atoms with Crippen LogP contribution in [0.1, 0.15) is 32.6 Å². The van der Waals surface area contributed by atoms with E-state index < -0.39 is 0 Å². The Morgan fingerprint density at radius 1 is 1.06 bits per heavy atom. The van der Waals surface area contributed by atoms with Crippen molar-refractivity contribution in [1.82, 2.24) is 9.80 Å². The van der Waals surface area contributed by atoms with Crippen LogP contribution in [0.5, 0.6) is 0 Å². The summed E-state index contributed by atoms with van der Waals surface area (Å²) in [5.74, 6) is 0.767. The largest absolute Gasteiger partial charge is 0.326 e. The van der Waals surface area contributed by atoms with Crippen molar-refractivity contribution < 1.29 is 0 Å². The molecule has 1 unspecified atom stereocenters. The van der Waals surface area contributed by atoms with Gasteiger partial charge in [0.25, 0.3) is 0 Å². The molecule has 0 radical (unpaired) electrons. The molecule has 2 heterocycles. The number of nitrogens with zero attached hydrogens (tertiary/aromatic N) is 2. The molecule has 0 spiro atoms. The third kappa shape index (κ3) is 3.19. The quantitative estimate of drug-likeness (QED) is 0.779. The van der Waals surface area contributed by atoms with Gasteiger partial charge in [0.2, 0.25) is 0 Å². The first-order valence-corrected chi connectivity index (χ1v) is 7.00. The highest BCUT2D eigenvalue weighted by Gasteiger charge is 2.25. The van der Waals surface area contributed by atoms with E-state index in [-0.39, 0.29) is 0 Å². The van der Waals surface area contributed by atoms with Crippen molar-refractivity contribution in [1.29, 1.82) is 0 Å². The van der Waals surface area contributed by atoms with Gasteiger partial charge in [0.15, 0.2) is 0 Å². The van der Waals surface area contributed by atoms with E-state index in [4.69, 9.17) is 5.73 Å². The summed E-state index contributed by atoms with van der Waals surface area (Å²) in [4.78, 5) is 5.09. The van der Waals surface area contributed by atoms with Crippen LogP contribution in [0.2, 0.25) is 0 Å². The van der Waals surface area contributed by atoms with Crippen LogP contribution in [0.25, 0.3) is 0 Å². The molecule has 2 aliphatic heterocycles. The summed E-state index contributed by atoms with van der Waals surface area (Å²) in [6, 6.07) is 0.414. The minimum Gasteiger partial charge on any atom is -0.326 e. The molecular formula is C13H27N3. The Kier molecular flexibility index (Phi) is 4.62. The Bertz CT molecular complexity index is 193. The van der Waals surface area contributed by atoms with Crippen molar-refractivity contribution in [3.8, 4) is 0 Å². The summed E-state index contributed by atoms with van der Waals surface area (Å²) < 4.78 is 0. The molecule has 0 bridgehead atoms. The maximum Gasteiger partial charge on any atom is 0.0197 e. The van der Waals surface area contributed by atoms with Crippen molar-refractivity contribution in [3.63, 3.8) is 0 Å². The average Bonchev–Trinajstić information content (AvgIpc) is 2.82. The summed E-state index contributed by atoms with van der Waals surface area (Å²) in [7, 11) is 0. The van der Waals surface area contributed by atoms with Crippen LogP contribution in [-0.4, -0.2) is 55.1 Å². The summed E-state index contributed by atoms with van der Waals surface area (Å²) in [6.45, 7) is 9.67. The zero-order valence-corrected chi connectivity index (χ0v) is 10.7. The fraction of sp³-hybridized carbons (Fsp3) is 1.00. The van der Waals surface area contributed by atoms with Gasteiger partial charge in [-0.25, -0.2) is 0 Å². The predicted octanol–water partition coefficient (Wildman–Crippen LogP) is 1.14. The molecule has 0 aromatic carbocycles. The second-order valence-electron chi connectivity index (χ2n) is 5.44. The van der Waals surface area contributed by atoms with E-state index in [1.54, 1.807) is 0 Å². The monoisotopic (exact) mass is 225 g/mol. The van der Waals surface area contributed by atoms with Gasteiger partial charge in [0.05, 0.1) is 0 Å². The Morgan fingerprint density at radius 2 is 1.69 bits per heavy atom. The van der Waals surface area contributed by atoms with Crippen molar-refractivity contribution in [2.24, 2.45) is 11.7 Å². The van der Waals surface area contributed by atoms with Crippen LogP contribution in [0.15, 0.2) is 0 Å². The topological polar surface area (TPSA) is 32.5 Å². The van der Waals surface area contributed by atoms with Crippen LogP contribution in [-0.2, 0) is 0 Å². The summed E-state index contributed by atoms with van der Waals surface area (Å²) in [5, 5.41) is 0. The van der Waals surface area contributed by atoms with Gasteiger partial charge < -0.3 is 15.5 Å². The van der Waals surface area contributed by atoms with E-state index >= 15 is 0 Å². The lowest BCUT2D eigenvalue weighted by Crippen LogP contribution is -2.46. The fourth-order valence-electron chi connectivity index (χ4n) is 3.11. The Balaban J connectivity index is 1.70. The van der Waals surface area contributed by atoms with Crippen LogP contribution in [0.3, 0.4) is 0 Å². The molecule has 1 atom stereocenters. The molecule has 3 nitrogen and oxygen atoms in total. The molecule has 0 aliphatic carbocycles. The molecule has 2 N–H and O–H groups in total. The Hall–Kier alpha value is -0.120. The highest BCUT2D eigenvalue weighted by molar-refractivity contribution is 4.83. The van der Waals surface area contributed by atoms with E-state index in [1.807, 2.05) is 0 Å². The van der Waals surface area contributed by atoms with Crippen LogP contribution < -0.4 is 5.73 Å². The fourth-order valence-corrected chi connectivity index (χ4v) is 3.11. The second kappa shape index (κ2) is 5.99.